The van der Waals surface area contributed by atoms with Crippen molar-refractivity contribution in [3.8, 4) is 5.75 Å². The highest BCUT2D eigenvalue weighted by atomic mass is 35.5. The van der Waals surface area contributed by atoms with Crippen LogP contribution in [0.4, 0.5) is 14.9 Å². The highest BCUT2D eigenvalue weighted by Gasteiger charge is 2.14. The third-order valence-corrected chi connectivity index (χ3v) is 3.17. The number of benzene rings is 2. The summed E-state index contributed by atoms with van der Waals surface area (Å²) in [5, 5.41) is 2.72. The van der Waals surface area contributed by atoms with Gasteiger partial charge in [-0.3, -0.25) is 0 Å². The number of esters is 1. The monoisotopic (exact) mass is 336 g/mol. The first kappa shape index (κ1) is 16.8. The summed E-state index contributed by atoms with van der Waals surface area (Å²) < 4.78 is 18.1. The summed E-state index contributed by atoms with van der Waals surface area (Å²) in [6.07, 6.45) is 0. The number of carbonyl (C=O) groups is 2. The van der Waals surface area contributed by atoms with Crippen molar-refractivity contribution in [1.82, 2.24) is 4.90 Å². The molecule has 2 aromatic rings. The van der Waals surface area contributed by atoms with E-state index in [-0.39, 0.29) is 22.4 Å². The van der Waals surface area contributed by atoms with E-state index in [9.17, 15) is 14.0 Å². The van der Waals surface area contributed by atoms with Gasteiger partial charge in [0, 0.05) is 25.8 Å². The van der Waals surface area contributed by atoms with Crippen molar-refractivity contribution in [2.45, 2.75) is 0 Å². The van der Waals surface area contributed by atoms with Crippen LogP contribution < -0.4 is 10.1 Å². The summed E-state index contributed by atoms with van der Waals surface area (Å²) in [4.78, 5) is 25.0. The van der Waals surface area contributed by atoms with E-state index in [1.807, 2.05) is 0 Å². The van der Waals surface area contributed by atoms with Gasteiger partial charge in [0.15, 0.2) is 0 Å². The van der Waals surface area contributed by atoms with Crippen molar-refractivity contribution in [3.63, 3.8) is 0 Å². The minimum Gasteiger partial charge on any atom is -0.423 e. The van der Waals surface area contributed by atoms with Crippen molar-refractivity contribution < 1.29 is 18.7 Å². The van der Waals surface area contributed by atoms with E-state index >= 15 is 0 Å². The van der Waals surface area contributed by atoms with Crippen LogP contribution in [0.5, 0.6) is 5.75 Å². The minimum atomic E-state index is -0.717. The molecule has 0 heterocycles. The zero-order chi connectivity index (χ0) is 17.0. The standard InChI is InChI=1S/C16H14ClFN2O3/c1-20(2)16(22)19-11-6-7-13(14(17)9-11)15(21)23-12-5-3-4-10(18)8-12/h3-9H,1-2H3,(H,19,22). The molecule has 0 spiro atoms. The van der Waals surface area contributed by atoms with Crippen molar-refractivity contribution >= 4 is 29.3 Å². The fourth-order valence-corrected chi connectivity index (χ4v) is 1.94. The topological polar surface area (TPSA) is 58.6 Å². The third-order valence-electron chi connectivity index (χ3n) is 2.85. The lowest BCUT2D eigenvalue weighted by Crippen LogP contribution is -2.27. The third kappa shape index (κ3) is 4.43. The molecule has 2 rings (SSSR count). The van der Waals surface area contributed by atoms with E-state index in [1.54, 1.807) is 14.1 Å². The SMILES string of the molecule is CN(C)C(=O)Nc1ccc(C(=O)Oc2cccc(F)c2)c(Cl)c1. The lowest BCUT2D eigenvalue weighted by atomic mass is 10.2. The molecular formula is C16H14ClFN2O3. The quantitative estimate of drug-likeness (QED) is 0.685. The Morgan fingerprint density at radius 2 is 1.91 bits per heavy atom. The van der Waals surface area contributed by atoms with E-state index in [4.69, 9.17) is 16.3 Å². The van der Waals surface area contributed by atoms with E-state index < -0.39 is 11.8 Å². The second-order valence-corrected chi connectivity index (χ2v) is 5.27. The number of urea groups is 1. The Morgan fingerprint density at radius 1 is 1.17 bits per heavy atom. The zero-order valence-corrected chi connectivity index (χ0v) is 13.2. The van der Waals surface area contributed by atoms with Crippen LogP contribution in [0.2, 0.25) is 5.02 Å². The fourth-order valence-electron chi connectivity index (χ4n) is 1.69. The van der Waals surface area contributed by atoms with E-state index in [1.165, 1.54) is 41.3 Å². The number of anilines is 1. The van der Waals surface area contributed by atoms with Gasteiger partial charge in [-0.2, -0.15) is 0 Å². The summed E-state index contributed by atoms with van der Waals surface area (Å²) in [7, 11) is 3.20. The molecule has 0 fully saturated rings. The Kier molecular flexibility index (Phi) is 5.18. The van der Waals surface area contributed by atoms with Gasteiger partial charge in [-0.1, -0.05) is 17.7 Å². The van der Waals surface area contributed by atoms with Crippen LogP contribution in [0.3, 0.4) is 0 Å². The average Bonchev–Trinajstić information content (AvgIpc) is 2.47. The van der Waals surface area contributed by atoms with Crippen LogP contribution in [-0.2, 0) is 0 Å². The second kappa shape index (κ2) is 7.11. The normalized spacial score (nSPS) is 10.1. The van der Waals surface area contributed by atoms with E-state index in [0.29, 0.717) is 5.69 Å². The Morgan fingerprint density at radius 3 is 2.52 bits per heavy atom. The van der Waals surface area contributed by atoms with Gasteiger partial charge in [0.05, 0.1) is 10.6 Å². The van der Waals surface area contributed by atoms with Crippen LogP contribution in [0.25, 0.3) is 0 Å². The Hall–Kier alpha value is -2.60. The summed E-state index contributed by atoms with van der Waals surface area (Å²) in [6.45, 7) is 0. The number of nitrogens with zero attached hydrogens (tertiary/aromatic N) is 1. The van der Waals surface area contributed by atoms with Gasteiger partial charge >= 0.3 is 12.0 Å². The smallest absolute Gasteiger partial charge is 0.345 e. The summed E-state index contributed by atoms with van der Waals surface area (Å²) in [5.41, 5.74) is 0.551. The second-order valence-electron chi connectivity index (χ2n) is 4.87. The van der Waals surface area contributed by atoms with Crippen LogP contribution in [-0.4, -0.2) is 31.0 Å². The molecule has 0 bridgehead atoms. The highest BCUT2D eigenvalue weighted by Crippen LogP contribution is 2.23. The summed E-state index contributed by atoms with van der Waals surface area (Å²) in [6, 6.07) is 9.29. The lowest BCUT2D eigenvalue weighted by molar-refractivity contribution is 0.0734. The van der Waals surface area contributed by atoms with Crippen molar-refractivity contribution in [2.75, 3.05) is 19.4 Å². The van der Waals surface area contributed by atoms with Crippen molar-refractivity contribution in [1.29, 1.82) is 0 Å². The molecule has 7 heteroatoms. The maximum atomic E-state index is 13.1. The first-order chi connectivity index (χ1) is 10.9. The Balaban J connectivity index is 2.14. The van der Waals surface area contributed by atoms with Crippen LogP contribution in [0.15, 0.2) is 42.5 Å². The van der Waals surface area contributed by atoms with Crippen molar-refractivity contribution in [3.05, 3.63) is 58.9 Å². The molecule has 0 saturated carbocycles. The number of hydrogen-bond donors (Lipinski definition) is 1. The van der Waals surface area contributed by atoms with Gasteiger partial charge in [-0.15, -0.1) is 0 Å². The van der Waals surface area contributed by atoms with Crippen molar-refractivity contribution in [2.24, 2.45) is 0 Å². The largest absolute Gasteiger partial charge is 0.423 e. The molecule has 23 heavy (non-hydrogen) atoms. The molecule has 120 valence electrons. The summed E-state index contributed by atoms with van der Waals surface area (Å²) >= 11 is 6.04. The molecule has 0 saturated heterocycles. The predicted molar refractivity (Wildman–Crippen MR) is 85.5 cm³/mol. The number of hydrogen-bond acceptors (Lipinski definition) is 3. The first-order valence-electron chi connectivity index (χ1n) is 6.62. The number of rotatable bonds is 3. The van der Waals surface area contributed by atoms with Gasteiger partial charge in [0.25, 0.3) is 0 Å². The molecule has 1 N–H and O–H groups in total. The predicted octanol–water partition coefficient (Wildman–Crippen LogP) is 3.79. The van der Waals surface area contributed by atoms with Gasteiger partial charge in [0.1, 0.15) is 11.6 Å². The average molecular weight is 337 g/mol. The van der Waals surface area contributed by atoms with Gasteiger partial charge < -0.3 is 15.0 Å². The molecule has 0 aliphatic heterocycles. The van der Waals surface area contributed by atoms with Gasteiger partial charge in [-0.05, 0) is 30.3 Å². The number of halogens is 2. The highest BCUT2D eigenvalue weighted by molar-refractivity contribution is 6.34. The molecule has 2 amide bonds. The number of ether oxygens (including phenoxy) is 1. The van der Waals surface area contributed by atoms with Crippen LogP contribution in [0, 0.1) is 5.82 Å². The maximum Gasteiger partial charge on any atom is 0.345 e. The number of amides is 2. The maximum absolute atomic E-state index is 13.1. The minimum absolute atomic E-state index is 0.0797. The molecule has 5 nitrogen and oxygen atoms in total. The molecule has 0 radical (unpaired) electrons. The molecular weight excluding hydrogens is 323 g/mol. The fraction of sp³-hybridized carbons (Fsp3) is 0.125. The van der Waals surface area contributed by atoms with Crippen LogP contribution in [0.1, 0.15) is 10.4 Å². The zero-order valence-electron chi connectivity index (χ0n) is 12.5. The van der Waals surface area contributed by atoms with Crippen LogP contribution >= 0.6 is 11.6 Å². The van der Waals surface area contributed by atoms with E-state index in [2.05, 4.69) is 5.32 Å². The van der Waals surface area contributed by atoms with Gasteiger partial charge in [-0.25, -0.2) is 14.0 Å². The molecule has 0 aromatic heterocycles. The molecule has 2 aromatic carbocycles. The Labute approximate surface area is 137 Å². The lowest BCUT2D eigenvalue weighted by Gasteiger charge is -2.13. The molecule has 0 aliphatic rings. The van der Waals surface area contributed by atoms with Gasteiger partial charge in [0.2, 0.25) is 0 Å². The first-order valence-corrected chi connectivity index (χ1v) is 7.00. The molecule has 0 aliphatic carbocycles. The number of carbonyl (C=O) groups excluding carboxylic acids is 2. The summed E-state index contributed by atoms with van der Waals surface area (Å²) in [5.74, 6) is -1.15. The molecule has 0 unspecified atom stereocenters. The number of nitrogens with one attached hydrogen (secondary N) is 1. The Bertz CT molecular complexity index is 750. The van der Waals surface area contributed by atoms with E-state index in [0.717, 1.165) is 6.07 Å². The molecule has 0 atom stereocenters.